The van der Waals surface area contributed by atoms with E-state index in [2.05, 4.69) is 4.90 Å². The van der Waals surface area contributed by atoms with E-state index in [1.807, 2.05) is 45.2 Å². The van der Waals surface area contributed by atoms with Crippen LogP contribution < -0.4 is 0 Å². The van der Waals surface area contributed by atoms with Gasteiger partial charge in [-0.25, -0.2) is 0 Å². The Morgan fingerprint density at radius 3 is 2.44 bits per heavy atom. The molecule has 102 valence electrons. The average molecular weight is 272 g/mol. The second kappa shape index (κ2) is 7.74. The smallest absolute Gasteiger partial charge is 0.0900 e. The van der Waals surface area contributed by atoms with E-state index in [4.69, 9.17) is 16.3 Å². The predicted molar refractivity (Wildman–Crippen MR) is 74.9 cm³/mol. The SMILES string of the molecule is CC(C)OCC(O)CN(C)Cc1ccc(Cl)cc1. The summed E-state index contributed by atoms with van der Waals surface area (Å²) in [5, 5.41) is 10.5. The van der Waals surface area contributed by atoms with Gasteiger partial charge in [0, 0.05) is 18.1 Å². The Morgan fingerprint density at radius 2 is 1.89 bits per heavy atom. The van der Waals surface area contributed by atoms with E-state index >= 15 is 0 Å². The van der Waals surface area contributed by atoms with Crippen molar-refractivity contribution >= 4 is 11.6 Å². The maximum Gasteiger partial charge on any atom is 0.0900 e. The number of likely N-dealkylation sites (N-methyl/N-ethyl adjacent to an activating group) is 1. The van der Waals surface area contributed by atoms with Gasteiger partial charge in [-0.2, -0.15) is 0 Å². The molecular formula is C14H22ClNO2. The number of halogens is 1. The highest BCUT2D eigenvalue weighted by atomic mass is 35.5. The molecule has 0 heterocycles. The topological polar surface area (TPSA) is 32.7 Å². The van der Waals surface area contributed by atoms with Gasteiger partial charge in [0.05, 0.1) is 18.8 Å². The standard InChI is InChI=1S/C14H22ClNO2/c1-11(2)18-10-14(17)9-16(3)8-12-4-6-13(15)7-5-12/h4-7,11,14,17H,8-10H2,1-3H3. The van der Waals surface area contributed by atoms with Crippen LogP contribution in [0.25, 0.3) is 0 Å². The number of hydrogen-bond donors (Lipinski definition) is 1. The Morgan fingerprint density at radius 1 is 1.28 bits per heavy atom. The summed E-state index contributed by atoms with van der Waals surface area (Å²) in [4.78, 5) is 2.07. The summed E-state index contributed by atoms with van der Waals surface area (Å²) in [6.07, 6.45) is -0.300. The quantitative estimate of drug-likeness (QED) is 0.827. The van der Waals surface area contributed by atoms with Gasteiger partial charge in [-0.05, 0) is 38.6 Å². The van der Waals surface area contributed by atoms with E-state index in [0.29, 0.717) is 13.2 Å². The second-order valence-electron chi connectivity index (χ2n) is 4.86. The lowest BCUT2D eigenvalue weighted by molar-refractivity contribution is -0.00634. The molecule has 1 unspecified atom stereocenters. The Kier molecular flexibility index (Phi) is 6.65. The molecule has 1 aromatic rings. The molecule has 0 bridgehead atoms. The molecule has 1 N–H and O–H groups in total. The van der Waals surface area contributed by atoms with E-state index in [1.165, 1.54) is 5.56 Å². The lowest BCUT2D eigenvalue weighted by atomic mass is 10.2. The molecule has 0 aliphatic heterocycles. The molecule has 4 heteroatoms. The van der Waals surface area contributed by atoms with Crippen LogP contribution in [0.15, 0.2) is 24.3 Å². The van der Waals surface area contributed by atoms with E-state index in [0.717, 1.165) is 11.6 Å². The molecule has 0 amide bonds. The van der Waals surface area contributed by atoms with Gasteiger partial charge < -0.3 is 9.84 Å². The fourth-order valence-corrected chi connectivity index (χ4v) is 1.81. The van der Waals surface area contributed by atoms with Crippen molar-refractivity contribution in [3.05, 3.63) is 34.9 Å². The molecule has 0 spiro atoms. The number of aliphatic hydroxyl groups excluding tert-OH is 1. The van der Waals surface area contributed by atoms with Crippen LogP contribution in [0.1, 0.15) is 19.4 Å². The van der Waals surface area contributed by atoms with Crippen LogP contribution in [-0.2, 0) is 11.3 Å². The largest absolute Gasteiger partial charge is 0.389 e. The number of rotatable bonds is 7. The van der Waals surface area contributed by atoms with Crippen molar-refractivity contribution < 1.29 is 9.84 Å². The van der Waals surface area contributed by atoms with Gasteiger partial charge in [0.2, 0.25) is 0 Å². The third-order valence-electron chi connectivity index (χ3n) is 2.51. The molecule has 18 heavy (non-hydrogen) atoms. The van der Waals surface area contributed by atoms with Crippen molar-refractivity contribution in [3.63, 3.8) is 0 Å². The minimum atomic E-state index is -0.454. The minimum absolute atomic E-state index is 0.154. The van der Waals surface area contributed by atoms with Crippen molar-refractivity contribution in [2.24, 2.45) is 0 Å². The number of nitrogens with zero attached hydrogens (tertiary/aromatic N) is 1. The third-order valence-corrected chi connectivity index (χ3v) is 2.76. The molecule has 0 aliphatic rings. The molecule has 1 rings (SSSR count). The number of hydrogen-bond acceptors (Lipinski definition) is 3. The number of ether oxygens (including phenoxy) is 1. The molecule has 0 radical (unpaired) electrons. The molecule has 0 saturated carbocycles. The van der Waals surface area contributed by atoms with Gasteiger partial charge in [-0.3, -0.25) is 4.90 Å². The minimum Gasteiger partial charge on any atom is -0.389 e. The molecule has 0 aromatic heterocycles. The summed E-state index contributed by atoms with van der Waals surface area (Å²) in [5.74, 6) is 0. The first-order chi connectivity index (χ1) is 8.47. The highest BCUT2D eigenvalue weighted by molar-refractivity contribution is 6.30. The van der Waals surface area contributed by atoms with E-state index in [9.17, 15) is 5.11 Å². The molecule has 3 nitrogen and oxygen atoms in total. The Hall–Kier alpha value is -0.610. The van der Waals surface area contributed by atoms with Crippen molar-refractivity contribution in [1.29, 1.82) is 0 Å². The fraction of sp³-hybridized carbons (Fsp3) is 0.571. The molecule has 1 atom stereocenters. The van der Waals surface area contributed by atoms with Crippen LogP contribution in [-0.4, -0.2) is 42.4 Å². The van der Waals surface area contributed by atoms with Crippen LogP contribution in [0.5, 0.6) is 0 Å². The van der Waals surface area contributed by atoms with Crippen molar-refractivity contribution in [2.75, 3.05) is 20.2 Å². The fourth-order valence-electron chi connectivity index (χ4n) is 1.68. The number of aliphatic hydroxyl groups is 1. The maximum absolute atomic E-state index is 9.80. The van der Waals surface area contributed by atoms with E-state index in [-0.39, 0.29) is 6.10 Å². The molecule has 1 aromatic carbocycles. The van der Waals surface area contributed by atoms with E-state index in [1.54, 1.807) is 0 Å². The van der Waals surface area contributed by atoms with E-state index < -0.39 is 6.10 Å². The van der Waals surface area contributed by atoms with Gasteiger partial charge in [0.25, 0.3) is 0 Å². The van der Waals surface area contributed by atoms with Gasteiger partial charge in [0.1, 0.15) is 0 Å². The zero-order chi connectivity index (χ0) is 13.5. The Bertz CT molecular complexity index is 340. The molecule has 0 saturated heterocycles. The monoisotopic (exact) mass is 271 g/mol. The number of benzene rings is 1. The molecule has 0 fully saturated rings. The summed E-state index contributed by atoms with van der Waals surface area (Å²) in [6.45, 7) is 5.68. The van der Waals surface area contributed by atoms with Crippen LogP contribution in [0.3, 0.4) is 0 Å². The lowest BCUT2D eigenvalue weighted by Crippen LogP contribution is -2.32. The van der Waals surface area contributed by atoms with Crippen LogP contribution in [0.2, 0.25) is 5.02 Å². The van der Waals surface area contributed by atoms with Crippen LogP contribution >= 0.6 is 11.6 Å². The first kappa shape index (κ1) is 15.4. The molecular weight excluding hydrogens is 250 g/mol. The second-order valence-corrected chi connectivity index (χ2v) is 5.30. The van der Waals surface area contributed by atoms with Crippen molar-refractivity contribution in [1.82, 2.24) is 4.90 Å². The summed E-state index contributed by atoms with van der Waals surface area (Å²) < 4.78 is 5.38. The highest BCUT2D eigenvalue weighted by Crippen LogP contribution is 2.11. The van der Waals surface area contributed by atoms with Crippen LogP contribution in [0, 0.1) is 0 Å². The predicted octanol–water partition coefficient (Wildman–Crippen LogP) is 2.56. The summed E-state index contributed by atoms with van der Waals surface area (Å²) >= 11 is 5.83. The Labute approximate surface area is 114 Å². The highest BCUT2D eigenvalue weighted by Gasteiger charge is 2.09. The lowest BCUT2D eigenvalue weighted by Gasteiger charge is -2.21. The maximum atomic E-state index is 9.80. The Balaban J connectivity index is 2.32. The normalized spacial score (nSPS) is 13.3. The van der Waals surface area contributed by atoms with Crippen molar-refractivity contribution in [2.45, 2.75) is 32.6 Å². The average Bonchev–Trinajstić information content (AvgIpc) is 2.29. The van der Waals surface area contributed by atoms with Gasteiger partial charge in [0.15, 0.2) is 0 Å². The van der Waals surface area contributed by atoms with Crippen molar-refractivity contribution in [3.8, 4) is 0 Å². The van der Waals surface area contributed by atoms with Gasteiger partial charge in [-0.15, -0.1) is 0 Å². The first-order valence-corrected chi connectivity index (χ1v) is 6.58. The zero-order valence-corrected chi connectivity index (χ0v) is 12.0. The summed E-state index contributed by atoms with van der Waals surface area (Å²) in [5.41, 5.74) is 1.18. The third kappa shape index (κ3) is 6.36. The zero-order valence-electron chi connectivity index (χ0n) is 11.3. The summed E-state index contributed by atoms with van der Waals surface area (Å²) in [6, 6.07) is 7.75. The van der Waals surface area contributed by atoms with Gasteiger partial charge in [-0.1, -0.05) is 23.7 Å². The summed E-state index contributed by atoms with van der Waals surface area (Å²) in [7, 11) is 1.98. The first-order valence-electron chi connectivity index (χ1n) is 6.20. The van der Waals surface area contributed by atoms with Crippen LogP contribution in [0.4, 0.5) is 0 Å². The van der Waals surface area contributed by atoms with Gasteiger partial charge >= 0.3 is 0 Å². The molecule has 0 aliphatic carbocycles.